The van der Waals surface area contributed by atoms with E-state index in [2.05, 4.69) is 20.9 Å². The number of halogens is 1. The maximum atomic E-state index is 11.8. The Kier molecular flexibility index (Phi) is 4.37. The molecule has 3 nitrogen and oxygen atoms in total. The van der Waals surface area contributed by atoms with Crippen LogP contribution >= 0.6 is 27.3 Å². The van der Waals surface area contributed by atoms with Crippen molar-refractivity contribution < 1.29 is 9.53 Å². The number of nitrogens with zero attached hydrogens (tertiary/aromatic N) is 1. The second kappa shape index (κ2) is 5.84. The van der Waals surface area contributed by atoms with Gasteiger partial charge in [-0.3, -0.25) is 0 Å². The minimum Gasteiger partial charge on any atom is -0.461 e. The summed E-state index contributed by atoms with van der Waals surface area (Å²) in [5, 5.41) is 0.826. The fourth-order valence-corrected chi connectivity index (χ4v) is 3.45. The smallest absolute Gasteiger partial charge is 0.358 e. The molecule has 0 bridgehead atoms. The molecule has 19 heavy (non-hydrogen) atoms. The molecule has 0 aliphatic carbocycles. The molecule has 0 aliphatic heterocycles. The molecule has 0 N–H and O–H groups in total. The average Bonchev–Trinajstić information content (AvgIpc) is 2.71. The summed E-state index contributed by atoms with van der Waals surface area (Å²) >= 11 is 5.04. The largest absolute Gasteiger partial charge is 0.461 e. The van der Waals surface area contributed by atoms with Crippen molar-refractivity contribution in [1.82, 2.24) is 4.98 Å². The molecule has 5 heteroatoms. The van der Waals surface area contributed by atoms with Crippen LogP contribution in [-0.2, 0) is 4.74 Å². The molecular weight excluding hydrogens is 326 g/mol. The second-order valence-electron chi connectivity index (χ2n) is 4.13. The van der Waals surface area contributed by atoms with Crippen molar-refractivity contribution in [2.24, 2.45) is 0 Å². The lowest BCUT2D eigenvalue weighted by molar-refractivity contribution is 0.0519. The lowest BCUT2D eigenvalue weighted by atomic mass is 10.2. The second-order valence-corrected chi connectivity index (χ2v) is 6.19. The number of benzene rings is 1. The maximum absolute atomic E-state index is 11.8. The van der Waals surface area contributed by atoms with Crippen LogP contribution in [0.1, 0.15) is 27.9 Å². The standard InChI is InChI=1S/C14H14BrNO2S/c1-4-18-14(17)12-9(3)19-13(16-12)10-6-5-8(2)7-11(10)15/h5-7H,4H2,1-3H3. The van der Waals surface area contributed by atoms with Gasteiger partial charge in [0, 0.05) is 14.9 Å². The fraction of sp³-hybridized carbons (Fsp3) is 0.286. The number of aryl methyl sites for hydroxylation is 2. The van der Waals surface area contributed by atoms with E-state index in [-0.39, 0.29) is 5.97 Å². The van der Waals surface area contributed by atoms with E-state index in [1.54, 1.807) is 6.92 Å². The molecule has 0 aliphatic rings. The first-order valence-corrected chi connectivity index (χ1v) is 7.55. The Morgan fingerprint density at radius 2 is 2.16 bits per heavy atom. The quantitative estimate of drug-likeness (QED) is 0.779. The molecule has 0 radical (unpaired) electrons. The van der Waals surface area contributed by atoms with E-state index >= 15 is 0 Å². The van der Waals surface area contributed by atoms with Crippen molar-refractivity contribution in [3.05, 3.63) is 38.8 Å². The molecule has 0 atom stereocenters. The van der Waals surface area contributed by atoms with Gasteiger partial charge in [-0.05, 0) is 32.4 Å². The van der Waals surface area contributed by atoms with E-state index in [0.29, 0.717) is 12.3 Å². The number of ether oxygens (including phenoxy) is 1. The van der Waals surface area contributed by atoms with Crippen LogP contribution in [0, 0.1) is 13.8 Å². The van der Waals surface area contributed by atoms with Crippen molar-refractivity contribution in [3.63, 3.8) is 0 Å². The van der Waals surface area contributed by atoms with Gasteiger partial charge in [-0.2, -0.15) is 0 Å². The van der Waals surface area contributed by atoms with Gasteiger partial charge < -0.3 is 4.74 Å². The zero-order valence-corrected chi connectivity index (χ0v) is 13.4. The Bertz CT molecular complexity index is 622. The van der Waals surface area contributed by atoms with Crippen LogP contribution in [-0.4, -0.2) is 17.6 Å². The van der Waals surface area contributed by atoms with Crippen molar-refractivity contribution in [2.45, 2.75) is 20.8 Å². The van der Waals surface area contributed by atoms with Crippen LogP contribution in [0.15, 0.2) is 22.7 Å². The average molecular weight is 340 g/mol. The van der Waals surface area contributed by atoms with Crippen molar-refractivity contribution >= 4 is 33.2 Å². The third-order valence-electron chi connectivity index (χ3n) is 2.62. The molecule has 100 valence electrons. The number of hydrogen-bond acceptors (Lipinski definition) is 4. The van der Waals surface area contributed by atoms with E-state index in [1.807, 2.05) is 32.0 Å². The molecule has 0 spiro atoms. The van der Waals surface area contributed by atoms with Crippen LogP contribution < -0.4 is 0 Å². The first-order valence-electron chi connectivity index (χ1n) is 5.94. The van der Waals surface area contributed by atoms with Gasteiger partial charge in [0.2, 0.25) is 0 Å². The van der Waals surface area contributed by atoms with E-state index in [4.69, 9.17) is 4.74 Å². The van der Waals surface area contributed by atoms with Gasteiger partial charge in [-0.1, -0.05) is 28.1 Å². The fourth-order valence-electron chi connectivity index (χ4n) is 1.69. The lowest BCUT2D eigenvalue weighted by Crippen LogP contribution is -2.06. The van der Waals surface area contributed by atoms with Gasteiger partial charge in [0.25, 0.3) is 0 Å². The topological polar surface area (TPSA) is 39.2 Å². The zero-order chi connectivity index (χ0) is 14.0. The third-order valence-corrected chi connectivity index (χ3v) is 4.28. The lowest BCUT2D eigenvalue weighted by Gasteiger charge is -2.01. The molecule has 0 saturated carbocycles. The number of carbonyl (C=O) groups excluding carboxylic acids is 1. The molecule has 0 saturated heterocycles. The zero-order valence-electron chi connectivity index (χ0n) is 11.0. The summed E-state index contributed by atoms with van der Waals surface area (Å²) < 4.78 is 5.98. The van der Waals surface area contributed by atoms with Gasteiger partial charge in [-0.25, -0.2) is 9.78 Å². The van der Waals surface area contributed by atoms with E-state index in [1.165, 1.54) is 16.9 Å². The summed E-state index contributed by atoms with van der Waals surface area (Å²) in [5.74, 6) is -0.356. The number of aromatic nitrogens is 1. The molecule has 2 rings (SSSR count). The normalized spacial score (nSPS) is 10.5. The summed E-state index contributed by atoms with van der Waals surface area (Å²) in [6.07, 6.45) is 0. The number of rotatable bonds is 3. The summed E-state index contributed by atoms with van der Waals surface area (Å²) in [5.41, 5.74) is 2.58. The van der Waals surface area contributed by atoms with Crippen LogP contribution in [0.5, 0.6) is 0 Å². The number of thiazole rings is 1. The third kappa shape index (κ3) is 3.04. The Morgan fingerprint density at radius 3 is 2.79 bits per heavy atom. The summed E-state index contributed by atoms with van der Waals surface area (Å²) in [4.78, 5) is 17.0. The molecule has 0 unspecified atom stereocenters. The molecule has 0 amide bonds. The van der Waals surface area contributed by atoms with E-state index in [0.717, 1.165) is 19.9 Å². The van der Waals surface area contributed by atoms with Crippen LogP contribution in [0.3, 0.4) is 0 Å². The molecular formula is C14H14BrNO2S. The predicted octanol–water partition coefficient (Wildman–Crippen LogP) is 4.37. The number of hydrogen-bond donors (Lipinski definition) is 0. The highest BCUT2D eigenvalue weighted by Gasteiger charge is 2.18. The SMILES string of the molecule is CCOC(=O)c1nc(-c2ccc(C)cc2Br)sc1C. The molecule has 2 aromatic rings. The first-order chi connectivity index (χ1) is 9.02. The van der Waals surface area contributed by atoms with Crippen LogP contribution in [0.4, 0.5) is 0 Å². The van der Waals surface area contributed by atoms with Crippen LogP contribution in [0.25, 0.3) is 10.6 Å². The predicted molar refractivity (Wildman–Crippen MR) is 80.7 cm³/mol. The number of esters is 1. The maximum Gasteiger partial charge on any atom is 0.358 e. The van der Waals surface area contributed by atoms with E-state index in [9.17, 15) is 4.79 Å². The molecule has 1 aromatic heterocycles. The molecule has 0 fully saturated rings. The summed E-state index contributed by atoms with van der Waals surface area (Å²) in [7, 11) is 0. The Hall–Kier alpha value is -1.20. The van der Waals surface area contributed by atoms with Crippen LogP contribution in [0.2, 0.25) is 0 Å². The Labute approximate surface area is 124 Å². The van der Waals surface area contributed by atoms with Gasteiger partial charge in [0.15, 0.2) is 5.69 Å². The minimum atomic E-state index is -0.356. The highest BCUT2D eigenvalue weighted by atomic mass is 79.9. The highest BCUT2D eigenvalue weighted by Crippen LogP contribution is 2.33. The number of carbonyl (C=O) groups is 1. The monoisotopic (exact) mass is 339 g/mol. The van der Waals surface area contributed by atoms with Crippen molar-refractivity contribution in [2.75, 3.05) is 6.61 Å². The van der Waals surface area contributed by atoms with Crippen molar-refractivity contribution in [3.8, 4) is 10.6 Å². The van der Waals surface area contributed by atoms with Gasteiger partial charge in [-0.15, -0.1) is 11.3 Å². The molecule has 1 heterocycles. The van der Waals surface area contributed by atoms with Crippen molar-refractivity contribution in [1.29, 1.82) is 0 Å². The highest BCUT2D eigenvalue weighted by molar-refractivity contribution is 9.10. The summed E-state index contributed by atoms with van der Waals surface area (Å²) in [6.45, 7) is 6.07. The van der Waals surface area contributed by atoms with Gasteiger partial charge in [0.05, 0.1) is 6.61 Å². The molecule has 1 aromatic carbocycles. The Morgan fingerprint density at radius 1 is 1.42 bits per heavy atom. The Balaban J connectivity index is 2.42. The van der Waals surface area contributed by atoms with Gasteiger partial charge in [0.1, 0.15) is 5.01 Å². The van der Waals surface area contributed by atoms with E-state index < -0.39 is 0 Å². The first kappa shape index (κ1) is 14.2. The van der Waals surface area contributed by atoms with Gasteiger partial charge >= 0.3 is 5.97 Å². The minimum absolute atomic E-state index is 0.356. The summed E-state index contributed by atoms with van der Waals surface area (Å²) in [6, 6.07) is 6.07.